The van der Waals surface area contributed by atoms with E-state index in [9.17, 15) is 14.0 Å². The number of carbonyl (C=O) groups excluding carboxylic acids is 2. The minimum absolute atomic E-state index is 0.00704. The van der Waals surface area contributed by atoms with E-state index in [2.05, 4.69) is 21.2 Å². The normalized spacial score (nSPS) is 10.1. The van der Waals surface area contributed by atoms with Gasteiger partial charge in [-0.05, 0) is 40.9 Å². The number of nitrogens with two attached hydrogens (primary N) is 1. The van der Waals surface area contributed by atoms with E-state index in [0.717, 1.165) is 0 Å². The minimum atomic E-state index is -0.570. The SMILES string of the molecule is NC(=O)CCCCNC(=O)c1c(F)cccc1Br. The van der Waals surface area contributed by atoms with Gasteiger partial charge in [-0.3, -0.25) is 9.59 Å². The van der Waals surface area contributed by atoms with E-state index in [0.29, 0.717) is 30.3 Å². The highest BCUT2D eigenvalue weighted by atomic mass is 79.9. The average Bonchev–Trinajstić information content (AvgIpc) is 2.27. The number of primary amides is 1. The maximum atomic E-state index is 13.4. The van der Waals surface area contributed by atoms with Crippen LogP contribution in [0.2, 0.25) is 0 Å². The van der Waals surface area contributed by atoms with Crippen LogP contribution >= 0.6 is 15.9 Å². The molecule has 0 saturated heterocycles. The fraction of sp³-hybridized carbons (Fsp3) is 0.333. The highest BCUT2D eigenvalue weighted by Crippen LogP contribution is 2.19. The molecule has 0 atom stereocenters. The van der Waals surface area contributed by atoms with E-state index in [1.807, 2.05) is 0 Å². The van der Waals surface area contributed by atoms with Gasteiger partial charge in [-0.15, -0.1) is 0 Å². The Bertz CT molecular complexity index is 431. The van der Waals surface area contributed by atoms with Crippen molar-refractivity contribution < 1.29 is 14.0 Å². The molecule has 0 radical (unpaired) electrons. The molecule has 3 N–H and O–H groups in total. The van der Waals surface area contributed by atoms with Crippen molar-refractivity contribution >= 4 is 27.7 Å². The van der Waals surface area contributed by atoms with Crippen LogP contribution in [0.15, 0.2) is 22.7 Å². The van der Waals surface area contributed by atoms with Crippen LogP contribution < -0.4 is 11.1 Å². The number of unbranched alkanes of at least 4 members (excludes halogenated alkanes) is 1. The van der Waals surface area contributed by atoms with E-state index >= 15 is 0 Å². The maximum Gasteiger partial charge on any atom is 0.255 e. The minimum Gasteiger partial charge on any atom is -0.370 e. The molecular weight excluding hydrogens is 303 g/mol. The van der Waals surface area contributed by atoms with Gasteiger partial charge in [-0.25, -0.2) is 4.39 Å². The lowest BCUT2D eigenvalue weighted by Crippen LogP contribution is -2.26. The first-order valence-corrected chi connectivity index (χ1v) is 6.32. The van der Waals surface area contributed by atoms with Crippen molar-refractivity contribution in [1.29, 1.82) is 0 Å². The summed E-state index contributed by atoms with van der Waals surface area (Å²) < 4.78 is 13.8. The van der Waals surface area contributed by atoms with Gasteiger partial charge in [0, 0.05) is 17.4 Å². The summed E-state index contributed by atoms with van der Waals surface area (Å²) in [7, 11) is 0. The van der Waals surface area contributed by atoms with Crippen LogP contribution in [0.5, 0.6) is 0 Å². The molecule has 18 heavy (non-hydrogen) atoms. The highest BCUT2D eigenvalue weighted by Gasteiger charge is 2.14. The molecule has 1 aromatic rings. The molecule has 0 fully saturated rings. The summed E-state index contributed by atoms with van der Waals surface area (Å²) >= 11 is 3.13. The predicted octanol–water partition coefficient (Wildman–Crippen LogP) is 1.97. The van der Waals surface area contributed by atoms with Gasteiger partial charge >= 0.3 is 0 Å². The largest absolute Gasteiger partial charge is 0.370 e. The molecule has 0 heterocycles. The summed E-state index contributed by atoms with van der Waals surface area (Å²) in [6.45, 7) is 0.382. The number of amides is 2. The highest BCUT2D eigenvalue weighted by molar-refractivity contribution is 9.10. The molecule has 2 amide bonds. The first-order valence-electron chi connectivity index (χ1n) is 5.53. The zero-order valence-corrected chi connectivity index (χ0v) is 11.3. The summed E-state index contributed by atoms with van der Waals surface area (Å²) in [6, 6.07) is 4.35. The summed E-state index contributed by atoms with van der Waals surface area (Å²) in [4.78, 5) is 22.2. The van der Waals surface area contributed by atoms with Crippen LogP contribution in [0.4, 0.5) is 4.39 Å². The predicted molar refractivity (Wildman–Crippen MR) is 69.5 cm³/mol. The van der Waals surface area contributed by atoms with Gasteiger partial charge in [0.15, 0.2) is 0 Å². The molecule has 0 aromatic heterocycles. The fourth-order valence-electron chi connectivity index (χ4n) is 1.43. The lowest BCUT2D eigenvalue weighted by Gasteiger charge is -2.07. The molecule has 0 aliphatic carbocycles. The molecule has 98 valence electrons. The van der Waals surface area contributed by atoms with Gasteiger partial charge < -0.3 is 11.1 Å². The summed E-state index contributed by atoms with van der Waals surface area (Å²) in [5, 5.41) is 2.59. The second-order valence-electron chi connectivity index (χ2n) is 3.78. The van der Waals surface area contributed by atoms with E-state index in [1.54, 1.807) is 6.07 Å². The number of halogens is 2. The van der Waals surface area contributed by atoms with Crippen molar-refractivity contribution in [3.63, 3.8) is 0 Å². The molecule has 0 unspecified atom stereocenters. The van der Waals surface area contributed by atoms with Crippen molar-refractivity contribution in [3.05, 3.63) is 34.1 Å². The molecule has 0 aliphatic heterocycles. The molecule has 1 rings (SSSR count). The summed E-state index contributed by atoms with van der Waals surface area (Å²) in [6.07, 6.45) is 1.52. The Morgan fingerprint density at radius 1 is 1.33 bits per heavy atom. The smallest absolute Gasteiger partial charge is 0.255 e. The monoisotopic (exact) mass is 316 g/mol. The lowest BCUT2D eigenvalue weighted by atomic mass is 10.2. The van der Waals surface area contributed by atoms with Gasteiger partial charge in [0.1, 0.15) is 5.82 Å². The second kappa shape index (κ2) is 7.10. The van der Waals surface area contributed by atoms with Gasteiger partial charge in [-0.2, -0.15) is 0 Å². The lowest BCUT2D eigenvalue weighted by molar-refractivity contribution is -0.118. The van der Waals surface area contributed by atoms with E-state index in [-0.39, 0.29) is 11.5 Å². The van der Waals surface area contributed by atoms with Crippen LogP contribution in [0.25, 0.3) is 0 Å². The quantitative estimate of drug-likeness (QED) is 0.788. The molecule has 0 bridgehead atoms. The molecule has 6 heteroatoms. The number of rotatable bonds is 6. The molecule has 0 spiro atoms. The zero-order valence-electron chi connectivity index (χ0n) is 9.71. The van der Waals surface area contributed by atoms with Crippen molar-refractivity contribution in [3.8, 4) is 0 Å². The average molecular weight is 317 g/mol. The number of benzene rings is 1. The van der Waals surface area contributed by atoms with Gasteiger partial charge in [0.05, 0.1) is 5.56 Å². The standard InChI is InChI=1S/C12H14BrFN2O2/c13-8-4-3-5-9(14)11(8)12(18)16-7-2-1-6-10(15)17/h3-5H,1-2,6-7H2,(H2,15,17)(H,16,18). The molecule has 1 aromatic carbocycles. The van der Waals surface area contributed by atoms with Crippen molar-refractivity contribution in [2.75, 3.05) is 6.54 Å². The Kier molecular flexibility index (Phi) is 5.77. The van der Waals surface area contributed by atoms with Crippen LogP contribution in [0.3, 0.4) is 0 Å². The Morgan fingerprint density at radius 2 is 2.06 bits per heavy atom. The van der Waals surface area contributed by atoms with E-state index in [1.165, 1.54) is 12.1 Å². The number of hydrogen-bond acceptors (Lipinski definition) is 2. The maximum absolute atomic E-state index is 13.4. The third-order valence-corrected chi connectivity index (χ3v) is 2.99. The Morgan fingerprint density at radius 3 is 2.67 bits per heavy atom. The fourth-order valence-corrected chi connectivity index (χ4v) is 1.95. The van der Waals surface area contributed by atoms with Gasteiger partial charge in [0.2, 0.25) is 5.91 Å². The third kappa shape index (κ3) is 4.44. The molecular formula is C12H14BrFN2O2. The van der Waals surface area contributed by atoms with Crippen LogP contribution in [0.1, 0.15) is 29.6 Å². The Hall–Kier alpha value is -1.43. The molecule has 0 saturated carbocycles. The Balaban J connectivity index is 2.44. The van der Waals surface area contributed by atoms with Crippen LogP contribution in [-0.4, -0.2) is 18.4 Å². The summed E-state index contributed by atoms with van der Waals surface area (Å²) in [5.74, 6) is -1.41. The Labute approximate surface area is 113 Å². The summed E-state index contributed by atoms with van der Waals surface area (Å²) in [5.41, 5.74) is 4.98. The van der Waals surface area contributed by atoms with Crippen molar-refractivity contribution in [2.24, 2.45) is 5.73 Å². The number of carbonyl (C=O) groups is 2. The van der Waals surface area contributed by atoms with Gasteiger partial charge in [0.25, 0.3) is 5.91 Å². The molecule has 4 nitrogen and oxygen atoms in total. The van der Waals surface area contributed by atoms with Gasteiger partial charge in [-0.1, -0.05) is 6.07 Å². The second-order valence-corrected chi connectivity index (χ2v) is 4.63. The third-order valence-electron chi connectivity index (χ3n) is 2.33. The topological polar surface area (TPSA) is 72.2 Å². The van der Waals surface area contributed by atoms with Crippen LogP contribution in [0, 0.1) is 5.82 Å². The van der Waals surface area contributed by atoms with Crippen molar-refractivity contribution in [1.82, 2.24) is 5.32 Å². The van der Waals surface area contributed by atoms with E-state index < -0.39 is 11.7 Å². The zero-order chi connectivity index (χ0) is 13.5. The van der Waals surface area contributed by atoms with Crippen molar-refractivity contribution in [2.45, 2.75) is 19.3 Å². The van der Waals surface area contributed by atoms with Crippen LogP contribution in [-0.2, 0) is 4.79 Å². The van der Waals surface area contributed by atoms with E-state index in [4.69, 9.17) is 5.73 Å². The number of hydrogen-bond donors (Lipinski definition) is 2. The molecule has 0 aliphatic rings. The number of nitrogens with one attached hydrogen (secondary N) is 1. The first kappa shape index (κ1) is 14.6. The first-order chi connectivity index (χ1) is 8.52.